The average Bonchev–Trinajstić information content (AvgIpc) is 3.07. The van der Waals surface area contributed by atoms with Crippen LogP contribution in [0.1, 0.15) is 39.9 Å². The van der Waals surface area contributed by atoms with E-state index in [2.05, 4.69) is 27.2 Å². The molecule has 0 aliphatic carbocycles. The third-order valence-electron chi connectivity index (χ3n) is 9.00. The lowest BCUT2D eigenvalue weighted by Crippen LogP contribution is -2.44. The van der Waals surface area contributed by atoms with Crippen LogP contribution in [0, 0.1) is 11.6 Å². The van der Waals surface area contributed by atoms with Gasteiger partial charge in [0.1, 0.15) is 11.7 Å². The lowest BCUT2D eigenvalue weighted by atomic mass is 9.91. The number of likely N-dealkylation sites (N-methyl/N-ethyl adjacent to an activating group) is 1. The number of halogens is 2. The number of amides is 1. The van der Waals surface area contributed by atoms with Crippen LogP contribution in [0.2, 0.25) is 0 Å². The van der Waals surface area contributed by atoms with Crippen molar-refractivity contribution in [2.45, 2.75) is 25.3 Å². The molecule has 48 heavy (non-hydrogen) atoms. The van der Waals surface area contributed by atoms with Gasteiger partial charge >= 0.3 is 0 Å². The highest BCUT2D eigenvalue weighted by molar-refractivity contribution is 6.13. The highest BCUT2D eigenvalue weighted by atomic mass is 19.1. The molecule has 0 radical (unpaired) electrons. The number of benzene rings is 4. The lowest BCUT2D eigenvalue weighted by Gasteiger charge is -2.34. The van der Waals surface area contributed by atoms with Crippen molar-refractivity contribution in [1.29, 1.82) is 0 Å². The first-order chi connectivity index (χ1) is 23.1. The van der Waals surface area contributed by atoms with Crippen LogP contribution in [0.3, 0.4) is 0 Å². The van der Waals surface area contributed by atoms with Crippen LogP contribution in [0.5, 0.6) is 5.75 Å². The molecule has 9 nitrogen and oxygen atoms in total. The quantitative estimate of drug-likeness (QED) is 0.113. The number of hydrogen-bond acceptors (Lipinski definition) is 7. The monoisotopic (exact) mass is 654 g/mol. The van der Waals surface area contributed by atoms with Crippen molar-refractivity contribution >= 4 is 28.8 Å². The maximum Gasteiger partial charge on any atom is 0.281 e. The Labute approximate surface area is 278 Å². The fourth-order valence-corrected chi connectivity index (χ4v) is 6.23. The number of nitrogens with two attached hydrogens (primary N) is 2. The molecule has 0 bridgehead atoms. The Balaban J connectivity index is 1.35. The largest absolute Gasteiger partial charge is 0.505 e. The molecule has 6 N–H and O–H groups in total. The number of phenolic OH excluding ortho intramolecular Hbond substituents is 1. The summed E-state index contributed by atoms with van der Waals surface area (Å²) in [7, 11) is 2.11. The van der Waals surface area contributed by atoms with E-state index in [4.69, 9.17) is 16.2 Å². The number of aromatic hydroxyl groups is 1. The summed E-state index contributed by atoms with van der Waals surface area (Å²) < 4.78 is 34.0. The normalized spacial score (nSPS) is 16.2. The number of anilines is 3. The topological polar surface area (TPSA) is 129 Å². The number of phenols is 1. The molecule has 4 aromatic carbocycles. The van der Waals surface area contributed by atoms with E-state index in [-0.39, 0.29) is 24.0 Å². The van der Waals surface area contributed by atoms with E-state index in [1.807, 2.05) is 12.1 Å². The van der Waals surface area contributed by atoms with Crippen molar-refractivity contribution in [1.82, 2.24) is 4.90 Å². The molecule has 250 valence electrons. The second-order valence-electron chi connectivity index (χ2n) is 12.4. The smallest absolute Gasteiger partial charge is 0.281 e. The third kappa shape index (κ3) is 7.58. The Kier molecular flexibility index (Phi) is 9.88. The van der Waals surface area contributed by atoms with E-state index in [0.717, 1.165) is 44.7 Å². The summed E-state index contributed by atoms with van der Waals surface area (Å²) in [5.74, 6) is -2.27. The molecule has 2 fully saturated rings. The minimum atomic E-state index is -0.790. The van der Waals surface area contributed by atoms with Crippen LogP contribution < -0.4 is 21.7 Å². The molecule has 0 saturated carbocycles. The Morgan fingerprint density at radius 3 is 2.48 bits per heavy atom. The van der Waals surface area contributed by atoms with E-state index in [9.17, 15) is 18.7 Å². The van der Waals surface area contributed by atoms with Gasteiger partial charge in [0.05, 0.1) is 5.56 Å². The van der Waals surface area contributed by atoms with Crippen LogP contribution in [0.15, 0.2) is 77.8 Å². The minimum Gasteiger partial charge on any atom is -0.505 e. The zero-order valence-electron chi connectivity index (χ0n) is 26.9. The number of nitrogens with one attached hydrogen (secondary N) is 1. The van der Waals surface area contributed by atoms with Gasteiger partial charge in [-0.1, -0.05) is 18.2 Å². The molecule has 2 aliphatic heterocycles. The van der Waals surface area contributed by atoms with Crippen molar-refractivity contribution in [3.63, 3.8) is 0 Å². The van der Waals surface area contributed by atoms with Gasteiger partial charge in [0.2, 0.25) is 0 Å². The number of ether oxygens (including phenoxy) is 1. The Bertz CT molecular complexity index is 1830. The number of nitrogens with zero attached hydrogens (tertiary/aromatic N) is 3. The predicted octanol–water partition coefficient (Wildman–Crippen LogP) is 5.40. The first-order valence-electron chi connectivity index (χ1n) is 16.1. The second kappa shape index (κ2) is 14.4. The maximum absolute atomic E-state index is 14.4. The molecule has 0 unspecified atom stereocenters. The maximum atomic E-state index is 14.4. The summed E-state index contributed by atoms with van der Waals surface area (Å²) in [6, 6.07) is 19.4. The summed E-state index contributed by atoms with van der Waals surface area (Å²) in [6.07, 6.45) is 1.90. The average molecular weight is 655 g/mol. The van der Waals surface area contributed by atoms with Crippen LogP contribution in [-0.4, -0.2) is 74.2 Å². The number of rotatable bonds is 8. The fraction of sp³-hybridized carbons (Fsp3) is 0.297. The van der Waals surface area contributed by atoms with Crippen LogP contribution in [0.4, 0.5) is 25.8 Å². The zero-order valence-corrected chi connectivity index (χ0v) is 26.9. The number of carbonyl (C=O) groups is 1. The number of aliphatic imine (C=N–C) groups is 1. The van der Waals surface area contributed by atoms with Gasteiger partial charge in [0, 0.05) is 68.1 Å². The lowest BCUT2D eigenvalue weighted by molar-refractivity contribution is 0.0904. The molecule has 4 aromatic rings. The van der Waals surface area contributed by atoms with Crippen molar-refractivity contribution in [2.75, 3.05) is 62.4 Å². The van der Waals surface area contributed by atoms with Gasteiger partial charge in [-0.3, -0.25) is 4.79 Å². The predicted molar refractivity (Wildman–Crippen MR) is 186 cm³/mol. The number of nitrogen functional groups attached to an aromatic ring is 1. The van der Waals surface area contributed by atoms with Crippen LogP contribution >= 0.6 is 0 Å². The van der Waals surface area contributed by atoms with E-state index >= 15 is 0 Å². The number of piperazine rings is 1. The Morgan fingerprint density at radius 1 is 0.979 bits per heavy atom. The second-order valence-corrected chi connectivity index (χ2v) is 12.4. The molecule has 0 spiro atoms. The molecule has 2 aliphatic rings. The van der Waals surface area contributed by atoms with E-state index in [1.165, 1.54) is 24.3 Å². The SMILES string of the molecule is CN1CCN(c2ccc(C(=O)N=C(N)c3cc(Cc4cccc(F)c4)c(-c4ccc(O)c(F)c4)cc3N)c(NC3CCOCC3)c2)CC1. The molecule has 2 heterocycles. The van der Waals surface area contributed by atoms with Gasteiger partial charge in [0.15, 0.2) is 11.6 Å². The van der Waals surface area contributed by atoms with Crippen LogP contribution in [-0.2, 0) is 11.2 Å². The number of carbonyl (C=O) groups excluding carboxylic acids is 1. The molecule has 1 amide bonds. The third-order valence-corrected chi connectivity index (χ3v) is 9.00. The van der Waals surface area contributed by atoms with E-state index < -0.39 is 23.3 Å². The summed E-state index contributed by atoms with van der Waals surface area (Å²) >= 11 is 0. The Hall–Kier alpha value is -5.00. The molecule has 0 atom stereocenters. The van der Waals surface area contributed by atoms with Gasteiger partial charge in [-0.05, 0) is 103 Å². The summed E-state index contributed by atoms with van der Waals surface area (Å²) in [6.45, 7) is 4.97. The summed E-state index contributed by atoms with van der Waals surface area (Å²) in [4.78, 5) is 22.7. The first-order valence-corrected chi connectivity index (χ1v) is 16.1. The Morgan fingerprint density at radius 2 is 1.75 bits per heavy atom. The zero-order chi connectivity index (χ0) is 33.8. The fourth-order valence-electron chi connectivity index (χ4n) is 6.23. The minimum absolute atomic E-state index is 0.0819. The number of hydrogen-bond donors (Lipinski definition) is 4. The molecule has 11 heteroatoms. The van der Waals surface area contributed by atoms with E-state index in [0.29, 0.717) is 52.3 Å². The highest BCUT2D eigenvalue weighted by Gasteiger charge is 2.22. The molecular formula is C37H40F2N6O3. The van der Waals surface area contributed by atoms with Gasteiger partial charge in [-0.15, -0.1) is 0 Å². The number of amidine groups is 1. The molecular weight excluding hydrogens is 614 g/mol. The molecule has 6 rings (SSSR count). The van der Waals surface area contributed by atoms with Gasteiger partial charge in [0.25, 0.3) is 5.91 Å². The standard InChI is InChI=1S/C37H40F2N6O3/c1-44-11-13-45(14-12-44)28-6-7-29(34(21-28)42-27-9-15-48-16-10-27)37(47)43-36(41)31-19-25(17-23-3-2-4-26(38)18-23)30(22-33(31)40)24-5-8-35(46)32(39)20-24/h2-8,18-22,27,42,46H,9-17,40H2,1H3,(H2,41,43,47). The molecule has 2 saturated heterocycles. The summed E-state index contributed by atoms with van der Waals surface area (Å²) in [5, 5.41) is 13.3. The molecule has 0 aromatic heterocycles. The van der Waals surface area contributed by atoms with Crippen molar-refractivity contribution in [3.8, 4) is 16.9 Å². The van der Waals surface area contributed by atoms with Crippen molar-refractivity contribution < 1.29 is 23.4 Å². The van der Waals surface area contributed by atoms with Crippen molar-refractivity contribution in [3.05, 3.63) is 107 Å². The van der Waals surface area contributed by atoms with Crippen LogP contribution in [0.25, 0.3) is 11.1 Å². The van der Waals surface area contributed by atoms with Gasteiger partial charge < -0.3 is 36.4 Å². The summed E-state index contributed by atoms with van der Waals surface area (Å²) in [5.41, 5.74) is 18.0. The van der Waals surface area contributed by atoms with E-state index in [1.54, 1.807) is 36.4 Å². The highest BCUT2D eigenvalue weighted by Crippen LogP contribution is 2.33. The first kappa shape index (κ1) is 32.9. The van der Waals surface area contributed by atoms with Gasteiger partial charge in [-0.2, -0.15) is 4.99 Å². The van der Waals surface area contributed by atoms with Crippen molar-refractivity contribution in [2.24, 2.45) is 10.7 Å². The van der Waals surface area contributed by atoms with Gasteiger partial charge in [-0.25, -0.2) is 8.78 Å².